The molecule has 0 aliphatic rings. The van der Waals surface area contributed by atoms with Gasteiger partial charge in [0.25, 0.3) is 0 Å². The summed E-state index contributed by atoms with van der Waals surface area (Å²) in [6.07, 6.45) is 0. The van der Waals surface area contributed by atoms with Crippen LogP contribution in [0.25, 0.3) is 0 Å². The first-order chi connectivity index (χ1) is 10.2. The maximum atomic E-state index is 8.89. The van der Waals surface area contributed by atoms with Crippen LogP contribution in [0.4, 0.5) is 11.5 Å². The highest BCUT2D eigenvalue weighted by molar-refractivity contribution is 6.02. The number of aromatic nitrogens is 1. The first kappa shape index (κ1) is 14.6. The molecule has 0 saturated heterocycles. The number of nitrogens with zero attached hydrogens (tertiary/aromatic N) is 3. The van der Waals surface area contributed by atoms with E-state index < -0.39 is 0 Å². The Hall–Kier alpha value is -2.76. The Kier molecular flexibility index (Phi) is 4.61. The van der Waals surface area contributed by atoms with Gasteiger partial charge in [-0.2, -0.15) is 4.98 Å². The summed E-state index contributed by atoms with van der Waals surface area (Å²) in [5.74, 6) is 1.32. The van der Waals surface area contributed by atoms with Crippen LogP contribution in [0.2, 0.25) is 0 Å². The SMILES string of the molecule is CCOc1cccc(N(C)c2ccccc2/C(N)=N/O)n1. The van der Waals surface area contributed by atoms with Gasteiger partial charge in [-0.25, -0.2) is 0 Å². The Labute approximate surface area is 123 Å². The molecule has 21 heavy (non-hydrogen) atoms. The highest BCUT2D eigenvalue weighted by Crippen LogP contribution is 2.26. The highest BCUT2D eigenvalue weighted by atomic mass is 16.5. The lowest BCUT2D eigenvalue weighted by Crippen LogP contribution is -2.20. The molecule has 1 heterocycles. The number of amidine groups is 1. The van der Waals surface area contributed by atoms with Gasteiger partial charge >= 0.3 is 0 Å². The molecule has 0 bridgehead atoms. The molecule has 2 aromatic rings. The van der Waals surface area contributed by atoms with Gasteiger partial charge in [-0.3, -0.25) is 0 Å². The number of para-hydroxylation sites is 1. The van der Waals surface area contributed by atoms with E-state index in [-0.39, 0.29) is 5.84 Å². The molecule has 0 unspecified atom stereocenters. The van der Waals surface area contributed by atoms with Gasteiger partial charge in [-0.05, 0) is 25.1 Å². The summed E-state index contributed by atoms with van der Waals surface area (Å²) in [4.78, 5) is 6.28. The molecular formula is C15H18N4O2. The van der Waals surface area contributed by atoms with Gasteiger partial charge in [0.05, 0.1) is 12.3 Å². The van der Waals surface area contributed by atoms with Crippen molar-refractivity contribution >= 4 is 17.3 Å². The van der Waals surface area contributed by atoms with Crippen molar-refractivity contribution in [3.8, 4) is 5.88 Å². The van der Waals surface area contributed by atoms with E-state index in [1.54, 1.807) is 12.1 Å². The van der Waals surface area contributed by atoms with Crippen molar-refractivity contribution in [3.05, 3.63) is 48.0 Å². The molecule has 0 radical (unpaired) electrons. The van der Waals surface area contributed by atoms with Crippen molar-refractivity contribution in [2.75, 3.05) is 18.6 Å². The summed E-state index contributed by atoms with van der Waals surface area (Å²) >= 11 is 0. The van der Waals surface area contributed by atoms with Crippen LogP contribution in [0, 0.1) is 0 Å². The lowest BCUT2D eigenvalue weighted by Gasteiger charge is -2.21. The second-order valence-electron chi connectivity index (χ2n) is 4.33. The van der Waals surface area contributed by atoms with E-state index >= 15 is 0 Å². The number of hydrogen-bond donors (Lipinski definition) is 2. The maximum absolute atomic E-state index is 8.89. The van der Waals surface area contributed by atoms with E-state index in [9.17, 15) is 0 Å². The van der Waals surface area contributed by atoms with Crippen molar-refractivity contribution in [1.29, 1.82) is 0 Å². The molecule has 0 saturated carbocycles. The van der Waals surface area contributed by atoms with Gasteiger partial charge in [0, 0.05) is 18.7 Å². The van der Waals surface area contributed by atoms with Crippen LogP contribution in [0.1, 0.15) is 12.5 Å². The smallest absolute Gasteiger partial charge is 0.215 e. The van der Waals surface area contributed by atoms with Gasteiger partial charge in [0.1, 0.15) is 5.82 Å². The van der Waals surface area contributed by atoms with Crippen molar-refractivity contribution in [2.24, 2.45) is 10.9 Å². The molecule has 0 spiro atoms. The highest BCUT2D eigenvalue weighted by Gasteiger charge is 2.13. The molecular weight excluding hydrogens is 268 g/mol. The molecule has 3 N–H and O–H groups in total. The number of nitrogens with two attached hydrogens (primary N) is 1. The Morgan fingerprint density at radius 3 is 2.76 bits per heavy atom. The van der Waals surface area contributed by atoms with E-state index in [0.29, 0.717) is 23.9 Å². The normalized spacial score (nSPS) is 11.2. The average Bonchev–Trinajstić information content (AvgIpc) is 2.54. The van der Waals surface area contributed by atoms with E-state index in [1.807, 2.05) is 49.2 Å². The summed E-state index contributed by atoms with van der Waals surface area (Å²) < 4.78 is 5.41. The molecule has 2 rings (SSSR count). The maximum Gasteiger partial charge on any atom is 0.215 e. The minimum absolute atomic E-state index is 0.0541. The fraction of sp³-hybridized carbons (Fsp3) is 0.200. The molecule has 0 atom stereocenters. The lowest BCUT2D eigenvalue weighted by molar-refractivity contribution is 0.318. The van der Waals surface area contributed by atoms with Gasteiger partial charge in [0.15, 0.2) is 5.84 Å². The topological polar surface area (TPSA) is 84.0 Å². The first-order valence-corrected chi connectivity index (χ1v) is 6.58. The predicted octanol–water partition coefficient (Wildman–Crippen LogP) is 2.34. The zero-order valence-corrected chi connectivity index (χ0v) is 12.0. The van der Waals surface area contributed by atoms with Gasteiger partial charge < -0.3 is 20.6 Å². The molecule has 110 valence electrons. The van der Waals surface area contributed by atoms with E-state index in [2.05, 4.69) is 10.1 Å². The van der Waals surface area contributed by atoms with Crippen LogP contribution < -0.4 is 15.4 Å². The molecule has 0 aliphatic heterocycles. The van der Waals surface area contributed by atoms with Crippen molar-refractivity contribution in [3.63, 3.8) is 0 Å². The molecule has 0 fully saturated rings. The summed E-state index contributed by atoms with van der Waals surface area (Å²) in [7, 11) is 1.86. The van der Waals surface area contributed by atoms with E-state index in [4.69, 9.17) is 15.7 Å². The zero-order valence-electron chi connectivity index (χ0n) is 12.0. The van der Waals surface area contributed by atoms with E-state index in [1.165, 1.54) is 0 Å². The van der Waals surface area contributed by atoms with Crippen molar-refractivity contribution in [1.82, 2.24) is 4.98 Å². The van der Waals surface area contributed by atoms with Crippen molar-refractivity contribution in [2.45, 2.75) is 6.92 Å². The summed E-state index contributed by atoms with van der Waals surface area (Å²) in [5.41, 5.74) is 7.13. The zero-order chi connectivity index (χ0) is 15.2. The van der Waals surface area contributed by atoms with Crippen LogP contribution in [-0.4, -0.2) is 29.7 Å². The number of ether oxygens (including phenoxy) is 1. The summed E-state index contributed by atoms with van der Waals surface area (Å²) in [6, 6.07) is 12.9. The fourth-order valence-corrected chi connectivity index (χ4v) is 1.98. The Morgan fingerprint density at radius 1 is 1.29 bits per heavy atom. The van der Waals surface area contributed by atoms with Crippen LogP contribution in [0.15, 0.2) is 47.6 Å². The minimum Gasteiger partial charge on any atom is -0.478 e. The average molecular weight is 286 g/mol. The minimum atomic E-state index is 0.0541. The number of anilines is 2. The number of rotatable bonds is 5. The Morgan fingerprint density at radius 2 is 2.05 bits per heavy atom. The van der Waals surface area contributed by atoms with Gasteiger partial charge in [-0.15, -0.1) is 0 Å². The second-order valence-corrected chi connectivity index (χ2v) is 4.33. The summed E-state index contributed by atoms with van der Waals surface area (Å²) in [6.45, 7) is 2.46. The van der Waals surface area contributed by atoms with Crippen molar-refractivity contribution < 1.29 is 9.94 Å². The molecule has 6 heteroatoms. The van der Waals surface area contributed by atoms with Crippen LogP contribution in [0.5, 0.6) is 5.88 Å². The predicted molar refractivity (Wildman–Crippen MR) is 82.4 cm³/mol. The van der Waals surface area contributed by atoms with Gasteiger partial charge in [-0.1, -0.05) is 23.4 Å². The molecule has 1 aromatic heterocycles. The second kappa shape index (κ2) is 6.60. The lowest BCUT2D eigenvalue weighted by atomic mass is 10.1. The number of oxime groups is 1. The van der Waals surface area contributed by atoms with Crippen LogP contribution in [0.3, 0.4) is 0 Å². The van der Waals surface area contributed by atoms with Crippen LogP contribution >= 0.6 is 0 Å². The number of hydrogen-bond acceptors (Lipinski definition) is 5. The third-order valence-electron chi connectivity index (χ3n) is 2.99. The Bertz CT molecular complexity index is 643. The quantitative estimate of drug-likeness (QED) is 0.381. The third-order valence-corrected chi connectivity index (χ3v) is 2.99. The summed E-state index contributed by atoms with van der Waals surface area (Å²) in [5, 5.41) is 12.0. The third kappa shape index (κ3) is 3.22. The number of pyridine rings is 1. The standard InChI is InChI=1S/C15H18N4O2/c1-3-21-14-10-6-9-13(17-14)19(2)12-8-5-4-7-11(12)15(16)18-20/h4-10,20H,3H2,1-2H3,(H2,16,18). The first-order valence-electron chi connectivity index (χ1n) is 6.58. The molecule has 0 amide bonds. The van der Waals surface area contributed by atoms with Crippen LogP contribution in [-0.2, 0) is 0 Å². The van der Waals surface area contributed by atoms with E-state index in [0.717, 1.165) is 5.69 Å². The monoisotopic (exact) mass is 286 g/mol. The molecule has 6 nitrogen and oxygen atoms in total. The molecule has 0 aliphatic carbocycles. The fourth-order valence-electron chi connectivity index (χ4n) is 1.98. The largest absolute Gasteiger partial charge is 0.478 e. The number of benzene rings is 1. The van der Waals surface area contributed by atoms with Gasteiger partial charge in [0.2, 0.25) is 5.88 Å². The Balaban J connectivity index is 2.40. The molecule has 1 aromatic carbocycles.